The fourth-order valence-electron chi connectivity index (χ4n) is 2.76. The van der Waals surface area contributed by atoms with Crippen LogP contribution in [0.5, 0.6) is 5.75 Å². The molecule has 0 fully saturated rings. The molecule has 0 spiro atoms. The standard InChI is InChI=1S/C21H24FNO4/c1-14(11-16-7-6-8-17(22)12-16)21(25)27-13-20(24)23-15(2)18-9-4-5-10-19(18)26-3/h4-10,12,14-15H,11,13H2,1-3H3,(H,23,24). The van der Waals surface area contributed by atoms with Gasteiger partial charge >= 0.3 is 5.97 Å². The van der Waals surface area contributed by atoms with Crippen molar-refractivity contribution in [3.8, 4) is 5.75 Å². The Morgan fingerprint density at radius 1 is 1.11 bits per heavy atom. The lowest BCUT2D eigenvalue weighted by Gasteiger charge is -2.17. The molecule has 2 aromatic rings. The minimum atomic E-state index is -0.501. The number of hydrogen-bond donors (Lipinski definition) is 1. The van der Waals surface area contributed by atoms with E-state index in [9.17, 15) is 14.0 Å². The van der Waals surface area contributed by atoms with Crippen LogP contribution in [0.15, 0.2) is 48.5 Å². The summed E-state index contributed by atoms with van der Waals surface area (Å²) >= 11 is 0. The number of benzene rings is 2. The zero-order chi connectivity index (χ0) is 19.8. The van der Waals surface area contributed by atoms with Crippen molar-refractivity contribution in [1.82, 2.24) is 5.32 Å². The number of carbonyl (C=O) groups excluding carboxylic acids is 2. The minimum Gasteiger partial charge on any atom is -0.496 e. The van der Waals surface area contributed by atoms with Gasteiger partial charge in [-0.3, -0.25) is 9.59 Å². The van der Waals surface area contributed by atoms with Crippen LogP contribution in [-0.2, 0) is 20.7 Å². The van der Waals surface area contributed by atoms with Crippen molar-refractivity contribution in [2.45, 2.75) is 26.3 Å². The highest BCUT2D eigenvalue weighted by Gasteiger charge is 2.18. The number of para-hydroxylation sites is 1. The van der Waals surface area contributed by atoms with E-state index in [0.717, 1.165) is 5.56 Å². The summed E-state index contributed by atoms with van der Waals surface area (Å²) in [6.45, 7) is 3.14. The second-order valence-electron chi connectivity index (χ2n) is 6.37. The van der Waals surface area contributed by atoms with Gasteiger partial charge in [0.1, 0.15) is 11.6 Å². The van der Waals surface area contributed by atoms with E-state index >= 15 is 0 Å². The molecule has 0 aromatic heterocycles. The summed E-state index contributed by atoms with van der Waals surface area (Å²) in [5.41, 5.74) is 1.54. The highest BCUT2D eigenvalue weighted by molar-refractivity contribution is 5.81. The average molecular weight is 373 g/mol. The van der Waals surface area contributed by atoms with Gasteiger partial charge in [0.2, 0.25) is 0 Å². The fraction of sp³-hybridized carbons (Fsp3) is 0.333. The van der Waals surface area contributed by atoms with Gasteiger partial charge < -0.3 is 14.8 Å². The molecule has 6 heteroatoms. The summed E-state index contributed by atoms with van der Waals surface area (Å²) in [6, 6.07) is 13.1. The Morgan fingerprint density at radius 2 is 1.85 bits per heavy atom. The van der Waals surface area contributed by atoms with Crippen molar-refractivity contribution in [2.75, 3.05) is 13.7 Å². The maximum Gasteiger partial charge on any atom is 0.309 e. The minimum absolute atomic E-state index is 0.294. The van der Waals surface area contributed by atoms with Gasteiger partial charge in [-0.05, 0) is 37.1 Å². The Morgan fingerprint density at radius 3 is 2.56 bits per heavy atom. The Balaban J connectivity index is 1.82. The Bertz CT molecular complexity index is 793. The molecule has 1 N–H and O–H groups in total. The number of rotatable bonds is 8. The van der Waals surface area contributed by atoms with Crippen LogP contribution < -0.4 is 10.1 Å². The lowest BCUT2D eigenvalue weighted by atomic mass is 10.0. The number of hydrogen-bond acceptors (Lipinski definition) is 4. The van der Waals surface area contributed by atoms with Crippen LogP contribution in [0.1, 0.15) is 31.0 Å². The number of ether oxygens (including phenoxy) is 2. The summed E-state index contributed by atoms with van der Waals surface area (Å²) in [5, 5.41) is 2.78. The number of nitrogens with one attached hydrogen (secondary N) is 1. The molecule has 2 rings (SSSR count). The van der Waals surface area contributed by atoms with Gasteiger partial charge in [-0.25, -0.2) is 4.39 Å². The fourth-order valence-corrected chi connectivity index (χ4v) is 2.76. The summed E-state index contributed by atoms with van der Waals surface area (Å²) in [6.07, 6.45) is 0.343. The zero-order valence-electron chi connectivity index (χ0n) is 15.7. The topological polar surface area (TPSA) is 64.6 Å². The van der Waals surface area contributed by atoms with Crippen molar-refractivity contribution in [1.29, 1.82) is 0 Å². The molecule has 0 saturated heterocycles. The molecule has 5 nitrogen and oxygen atoms in total. The number of esters is 1. The normalized spacial score (nSPS) is 12.7. The second-order valence-corrected chi connectivity index (χ2v) is 6.37. The molecule has 0 aliphatic heterocycles. The van der Waals surface area contributed by atoms with Crippen LogP contribution in [0.3, 0.4) is 0 Å². The van der Waals surface area contributed by atoms with Gasteiger partial charge in [-0.2, -0.15) is 0 Å². The molecule has 0 saturated carbocycles. The van der Waals surface area contributed by atoms with Crippen molar-refractivity contribution in [3.63, 3.8) is 0 Å². The zero-order valence-corrected chi connectivity index (χ0v) is 15.7. The highest BCUT2D eigenvalue weighted by Crippen LogP contribution is 2.24. The van der Waals surface area contributed by atoms with E-state index < -0.39 is 17.8 Å². The van der Waals surface area contributed by atoms with Crippen LogP contribution in [0, 0.1) is 11.7 Å². The molecule has 0 aliphatic rings. The van der Waals surface area contributed by atoms with E-state index in [2.05, 4.69) is 5.32 Å². The first-order valence-corrected chi connectivity index (χ1v) is 8.74. The smallest absolute Gasteiger partial charge is 0.309 e. The van der Waals surface area contributed by atoms with Crippen LogP contribution in [-0.4, -0.2) is 25.6 Å². The van der Waals surface area contributed by atoms with E-state index in [4.69, 9.17) is 9.47 Å². The van der Waals surface area contributed by atoms with Gasteiger partial charge in [0.25, 0.3) is 5.91 Å². The number of methoxy groups -OCH3 is 1. The van der Waals surface area contributed by atoms with Crippen LogP contribution >= 0.6 is 0 Å². The summed E-state index contributed by atoms with van der Waals surface area (Å²) in [4.78, 5) is 24.2. The molecule has 2 unspecified atom stereocenters. The van der Waals surface area contributed by atoms with E-state index in [-0.39, 0.29) is 18.5 Å². The third-order valence-corrected chi connectivity index (χ3v) is 4.16. The molecule has 2 aromatic carbocycles. The monoisotopic (exact) mass is 373 g/mol. The van der Waals surface area contributed by atoms with Gasteiger partial charge in [0.15, 0.2) is 6.61 Å². The summed E-state index contributed by atoms with van der Waals surface area (Å²) in [7, 11) is 1.56. The first-order chi connectivity index (χ1) is 12.9. The maximum atomic E-state index is 13.2. The predicted molar refractivity (Wildman–Crippen MR) is 99.8 cm³/mol. The largest absolute Gasteiger partial charge is 0.496 e. The first kappa shape index (κ1) is 20.4. The van der Waals surface area contributed by atoms with Crippen LogP contribution in [0.4, 0.5) is 4.39 Å². The first-order valence-electron chi connectivity index (χ1n) is 8.74. The second kappa shape index (κ2) is 9.71. The molecular weight excluding hydrogens is 349 g/mol. The average Bonchev–Trinajstić information content (AvgIpc) is 2.65. The highest BCUT2D eigenvalue weighted by atomic mass is 19.1. The number of halogens is 1. The van der Waals surface area contributed by atoms with E-state index in [1.165, 1.54) is 12.1 Å². The molecular formula is C21H24FNO4. The van der Waals surface area contributed by atoms with E-state index in [1.54, 1.807) is 26.2 Å². The third-order valence-electron chi connectivity index (χ3n) is 4.16. The van der Waals surface area contributed by atoms with Crippen LogP contribution in [0.2, 0.25) is 0 Å². The summed E-state index contributed by atoms with van der Waals surface area (Å²) < 4.78 is 23.6. The molecule has 144 valence electrons. The van der Waals surface area contributed by atoms with Crippen molar-refractivity contribution < 1.29 is 23.5 Å². The maximum absolute atomic E-state index is 13.2. The Labute approximate surface area is 158 Å². The molecule has 0 aliphatic carbocycles. The molecule has 2 atom stereocenters. The number of amides is 1. The molecule has 1 amide bonds. The van der Waals surface area contributed by atoms with Gasteiger partial charge in [-0.15, -0.1) is 0 Å². The van der Waals surface area contributed by atoms with Gasteiger partial charge in [0.05, 0.1) is 19.1 Å². The van der Waals surface area contributed by atoms with Gasteiger partial charge in [0, 0.05) is 5.56 Å². The Kier molecular flexibility index (Phi) is 7.34. The summed E-state index contributed by atoms with van der Waals surface area (Å²) in [5.74, 6) is -1.06. The molecule has 0 heterocycles. The van der Waals surface area contributed by atoms with E-state index in [1.807, 2.05) is 31.2 Å². The third kappa shape index (κ3) is 6.09. The van der Waals surface area contributed by atoms with Crippen LogP contribution in [0.25, 0.3) is 0 Å². The van der Waals surface area contributed by atoms with E-state index in [0.29, 0.717) is 17.7 Å². The molecule has 0 bridgehead atoms. The van der Waals surface area contributed by atoms with Gasteiger partial charge in [-0.1, -0.05) is 37.3 Å². The van der Waals surface area contributed by atoms with Crippen molar-refractivity contribution in [2.24, 2.45) is 5.92 Å². The number of carbonyl (C=O) groups is 2. The predicted octanol–water partition coefficient (Wildman–Crippen LogP) is 3.43. The van der Waals surface area contributed by atoms with Crippen molar-refractivity contribution in [3.05, 3.63) is 65.5 Å². The lowest BCUT2D eigenvalue weighted by molar-refractivity contribution is -0.152. The SMILES string of the molecule is COc1ccccc1C(C)NC(=O)COC(=O)C(C)Cc1cccc(F)c1. The molecule has 0 radical (unpaired) electrons. The lowest BCUT2D eigenvalue weighted by Crippen LogP contribution is -2.32. The quantitative estimate of drug-likeness (QED) is 0.720. The van der Waals surface area contributed by atoms with Crippen molar-refractivity contribution >= 4 is 11.9 Å². The Hall–Kier alpha value is -2.89. The molecule has 27 heavy (non-hydrogen) atoms.